The number of piperidine rings is 1. The molecule has 0 aliphatic carbocycles. The number of aliphatic hydroxyl groups is 1. The van der Waals surface area contributed by atoms with Crippen molar-refractivity contribution in [3.8, 4) is 17.0 Å². The van der Waals surface area contributed by atoms with Crippen molar-refractivity contribution < 1.29 is 27.4 Å². The minimum atomic E-state index is -4.48. The highest BCUT2D eigenvalue weighted by molar-refractivity contribution is 7.99. The summed E-state index contributed by atoms with van der Waals surface area (Å²) in [5.41, 5.74) is 3.73. The number of piperazine rings is 1. The lowest BCUT2D eigenvalue weighted by Gasteiger charge is -2.37. The first-order chi connectivity index (χ1) is 23.2. The van der Waals surface area contributed by atoms with E-state index in [-0.39, 0.29) is 4.90 Å². The Morgan fingerprint density at radius 1 is 1.02 bits per heavy atom. The molecule has 2 fully saturated rings. The lowest BCUT2D eigenvalue weighted by Crippen LogP contribution is -2.49. The van der Waals surface area contributed by atoms with E-state index in [4.69, 9.17) is 9.84 Å². The van der Waals surface area contributed by atoms with Gasteiger partial charge in [0.1, 0.15) is 11.9 Å². The van der Waals surface area contributed by atoms with E-state index < -0.39 is 24.0 Å². The summed E-state index contributed by atoms with van der Waals surface area (Å²) < 4.78 is 63.4. The normalized spacial score (nSPS) is 19.0. The fourth-order valence-corrected chi connectivity index (χ4v) is 8.08. The summed E-state index contributed by atoms with van der Waals surface area (Å²) in [4.78, 5) is 6.89. The highest BCUT2D eigenvalue weighted by Gasteiger charge is 2.34. The van der Waals surface area contributed by atoms with Gasteiger partial charge in [-0.05, 0) is 44.0 Å². The van der Waals surface area contributed by atoms with Crippen LogP contribution < -0.4 is 15.0 Å². The number of likely N-dealkylation sites (tertiary alicyclic amines) is 1. The maximum atomic E-state index is 14.0. The highest BCUT2D eigenvalue weighted by atomic mass is 32.2. The Bertz CT molecular complexity index is 1500. The van der Waals surface area contributed by atoms with Crippen LogP contribution in [0.3, 0.4) is 0 Å². The minimum absolute atomic E-state index is 0.176. The van der Waals surface area contributed by atoms with Gasteiger partial charge in [0.15, 0.2) is 0 Å². The summed E-state index contributed by atoms with van der Waals surface area (Å²) in [7, 11) is 0. The van der Waals surface area contributed by atoms with Gasteiger partial charge in [-0.25, -0.2) is 4.39 Å². The molecule has 0 saturated carbocycles. The van der Waals surface area contributed by atoms with Crippen molar-refractivity contribution in [2.24, 2.45) is 0 Å². The van der Waals surface area contributed by atoms with Gasteiger partial charge in [-0.15, -0.1) is 11.8 Å². The van der Waals surface area contributed by atoms with Crippen molar-refractivity contribution in [1.29, 1.82) is 0 Å². The molecule has 48 heavy (non-hydrogen) atoms. The molecule has 6 rings (SSSR count). The van der Waals surface area contributed by atoms with E-state index in [2.05, 4.69) is 26.1 Å². The van der Waals surface area contributed by atoms with E-state index >= 15 is 0 Å². The number of halogens is 4. The molecule has 0 unspecified atom stereocenters. The third-order valence-corrected chi connectivity index (χ3v) is 10.5. The Hall–Kier alpha value is -2.84. The van der Waals surface area contributed by atoms with Gasteiger partial charge >= 0.3 is 6.18 Å². The summed E-state index contributed by atoms with van der Waals surface area (Å²) in [6, 6.07) is 12.4. The zero-order chi connectivity index (χ0) is 33.7. The number of aliphatic hydroxyl groups excluding tert-OH is 1. The van der Waals surface area contributed by atoms with Crippen LogP contribution in [0.15, 0.2) is 47.4 Å². The molecule has 0 radical (unpaired) electrons. The first-order valence-electron chi connectivity index (χ1n) is 17.1. The Morgan fingerprint density at radius 3 is 2.54 bits per heavy atom. The van der Waals surface area contributed by atoms with Gasteiger partial charge in [0.25, 0.3) is 0 Å². The van der Waals surface area contributed by atoms with Crippen molar-refractivity contribution >= 4 is 17.4 Å². The zero-order valence-corrected chi connectivity index (χ0v) is 28.3. The van der Waals surface area contributed by atoms with Gasteiger partial charge < -0.3 is 25.0 Å². The Morgan fingerprint density at radius 2 is 1.79 bits per heavy atom. The van der Waals surface area contributed by atoms with E-state index in [1.807, 2.05) is 29.8 Å². The second-order valence-corrected chi connectivity index (χ2v) is 13.9. The fourth-order valence-electron chi connectivity index (χ4n) is 6.96. The number of nitrogens with zero attached hydrogens (tertiary/aromatic N) is 5. The quantitative estimate of drug-likeness (QED) is 0.196. The van der Waals surface area contributed by atoms with E-state index in [9.17, 15) is 22.7 Å². The van der Waals surface area contributed by atoms with Gasteiger partial charge in [-0.2, -0.15) is 18.3 Å². The lowest BCUT2D eigenvalue weighted by molar-refractivity contribution is -0.139. The number of rotatable bonds is 12. The summed E-state index contributed by atoms with van der Waals surface area (Å²) in [5.74, 6) is 1.37. The molecule has 1 atom stereocenters. The second-order valence-electron chi connectivity index (χ2n) is 12.8. The highest BCUT2D eigenvalue weighted by Crippen LogP contribution is 2.40. The van der Waals surface area contributed by atoms with Gasteiger partial charge in [0.2, 0.25) is 0 Å². The maximum absolute atomic E-state index is 14.0. The van der Waals surface area contributed by atoms with Crippen molar-refractivity contribution in [3.63, 3.8) is 0 Å². The lowest BCUT2D eigenvalue weighted by atomic mass is 10.0. The number of β-amino-alcohol motifs (C(OH)–C–C–N with tert-alkyl or cyclic N) is 1. The SMILES string of the molecule is CCOc1ccccc1N1CCN(C[C@H](O)Cn2nc(-c3ccc(C(F)(F)F)c(SCCN4CCC(F)CC4)c3)c3c2CCNC3)CC1. The van der Waals surface area contributed by atoms with Crippen LogP contribution in [0.2, 0.25) is 0 Å². The molecule has 262 valence electrons. The Labute approximate surface area is 284 Å². The fraction of sp³-hybridized carbons (Fsp3) is 0.571. The zero-order valence-electron chi connectivity index (χ0n) is 27.5. The van der Waals surface area contributed by atoms with Crippen LogP contribution >= 0.6 is 11.8 Å². The summed E-state index contributed by atoms with van der Waals surface area (Å²) in [5, 5.41) is 19.5. The first-order valence-corrected chi connectivity index (χ1v) is 18.1. The molecule has 2 saturated heterocycles. The van der Waals surface area contributed by atoms with Crippen molar-refractivity contribution in [1.82, 2.24) is 24.9 Å². The molecule has 0 spiro atoms. The van der Waals surface area contributed by atoms with Crippen LogP contribution in [-0.2, 0) is 25.7 Å². The van der Waals surface area contributed by atoms with Crippen molar-refractivity contribution in [3.05, 3.63) is 59.3 Å². The van der Waals surface area contributed by atoms with Crippen LogP contribution in [0.5, 0.6) is 5.75 Å². The standard InChI is InChI=1S/C35H46F4N6O2S/c1-2-47-32-6-4-3-5-31(32)44-17-15-43(16-18-44)23-27(46)24-45-30-9-12-40-22-28(30)34(41-45)25-7-8-29(35(37,38)39)33(21-25)48-20-19-42-13-10-26(36)11-14-42/h3-8,21,26-27,40,46H,2,9-20,22-24H2,1H3/t27-/m0/s1. The number of hydrogen-bond donors (Lipinski definition) is 2. The third kappa shape index (κ3) is 8.47. The van der Waals surface area contributed by atoms with Crippen LogP contribution in [0.4, 0.5) is 23.2 Å². The summed E-state index contributed by atoms with van der Waals surface area (Å²) >= 11 is 1.19. The van der Waals surface area contributed by atoms with Crippen LogP contribution in [-0.4, -0.2) is 108 Å². The molecule has 8 nitrogen and oxygen atoms in total. The van der Waals surface area contributed by atoms with Crippen molar-refractivity contribution in [2.45, 2.75) is 62.6 Å². The van der Waals surface area contributed by atoms with E-state index in [1.165, 1.54) is 17.8 Å². The third-order valence-electron chi connectivity index (χ3n) is 9.48. The molecule has 3 aliphatic rings. The predicted molar refractivity (Wildman–Crippen MR) is 182 cm³/mol. The summed E-state index contributed by atoms with van der Waals surface area (Å²) in [6.07, 6.45) is -4.23. The number of fused-ring (bicyclic) bond motifs is 1. The monoisotopic (exact) mass is 690 g/mol. The number of benzene rings is 2. The number of alkyl halides is 4. The molecule has 1 aromatic heterocycles. The van der Waals surface area contributed by atoms with E-state index in [0.717, 1.165) is 67.9 Å². The summed E-state index contributed by atoms with van der Waals surface area (Å²) in [6.45, 7) is 9.91. The molecule has 2 N–H and O–H groups in total. The Balaban J connectivity index is 1.12. The topological polar surface area (TPSA) is 69.0 Å². The number of anilines is 1. The molecule has 4 heterocycles. The molecular weight excluding hydrogens is 644 g/mol. The van der Waals surface area contributed by atoms with Gasteiger partial charge in [0, 0.05) is 99.3 Å². The average Bonchev–Trinajstić information content (AvgIpc) is 3.44. The van der Waals surface area contributed by atoms with Gasteiger partial charge in [0.05, 0.1) is 36.2 Å². The number of hydrogen-bond acceptors (Lipinski definition) is 8. The van der Waals surface area contributed by atoms with Crippen LogP contribution in [0.25, 0.3) is 11.3 Å². The molecule has 3 aromatic rings. The molecular formula is C35H46F4N6O2S. The predicted octanol–water partition coefficient (Wildman–Crippen LogP) is 5.32. The van der Waals surface area contributed by atoms with Gasteiger partial charge in [-0.3, -0.25) is 9.58 Å². The largest absolute Gasteiger partial charge is 0.492 e. The number of para-hydroxylation sites is 2. The van der Waals surface area contributed by atoms with Crippen LogP contribution in [0.1, 0.15) is 36.6 Å². The van der Waals surface area contributed by atoms with Crippen molar-refractivity contribution in [2.75, 3.05) is 76.2 Å². The van der Waals surface area contributed by atoms with Crippen LogP contribution in [0, 0.1) is 0 Å². The van der Waals surface area contributed by atoms with E-state index in [1.54, 1.807) is 6.07 Å². The second kappa shape index (κ2) is 15.8. The number of aromatic nitrogens is 2. The number of nitrogens with one attached hydrogen (secondary N) is 1. The molecule has 13 heteroatoms. The molecule has 0 amide bonds. The first kappa shape index (κ1) is 35.0. The molecule has 3 aliphatic heterocycles. The Kier molecular flexibility index (Phi) is 11.5. The maximum Gasteiger partial charge on any atom is 0.417 e. The smallest absolute Gasteiger partial charge is 0.417 e. The average molecular weight is 691 g/mol. The number of ether oxygens (including phenoxy) is 1. The van der Waals surface area contributed by atoms with Gasteiger partial charge in [-0.1, -0.05) is 18.2 Å². The molecule has 2 aromatic carbocycles. The minimum Gasteiger partial charge on any atom is -0.492 e. The van der Waals surface area contributed by atoms with E-state index in [0.29, 0.717) is 75.7 Å². The number of thioether (sulfide) groups is 1. The molecule has 0 bridgehead atoms.